The van der Waals surface area contributed by atoms with Crippen LogP contribution in [0.1, 0.15) is 32.3 Å². The van der Waals surface area contributed by atoms with Gasteiger partial charge in [-0.05, 0) is 18.8 Å². The molecule has 0 aliphatic carbocycles. The Labute approximate surface area is 150 Å². The second-order valence-corrected chi connectivity index (χ2v) is 10.4. The van der Waals surface area contributed by atoms with Crippen molar-refractivity contribution in [2.75, 3.05) is 26.2 Å². The van der Waals surface area contributed by atoms with Crippen LogP contribution in [0.25, 0.3) is 0 Å². The Hall–Kier alpha value is -0.960. The number of aryl methyl sites for hydroxylation is 1. The molecule has 0 radical (unpaired) electrons. The monoisotopic (exact) mass is 368 g/mol. The van der Waals surface area contributed by atoms with E-state index in [-0.39, 0.29) is 11.4 Å². The number of hydrogen-bond donors (Lipinski definition) is 0. The van der Waals surface area contributed by atoms with E-state index in [0.29, 0.717) is 32.0 Å². The fourth-order valence-electron chi connectivity index (χ4n) is 4.58. The van der Waals surface area contributed by atoms with Crippen LogP contribution in [-0.4, -0.2) is 70.5 Å². The minimum atomic E-state index is -3.25. The quantitative estimate of drug-likeness (QED) is 0.770. The molecule has 0 amide bonds. The van der Waals surface area contributed by atoms with E-state index in [4.69, 9.17) is 4.74 Å². The predicted octanol–water partition coefficient (Wildman–Crippen LogP) is 0.824. The first-order valence-corrected chi connectivity index (χ1v) is 10.7. The molecule has 3 fully saturated rings. The van der Waals surface area contributed by atoms with Crippen LogP contribution in [0, 0.1) is 5.92 Å². The Kier molecular flexibility index (Phi) is 4.22. The minimum absolute atomic E-state index is 0.0254. The molecule has 3 aliphatic rings. The van der Waals surface area contributed by atoms with Crippen molar-refractivity contribution in [3.05, 3.63) is 18.0 Å². The van der Waals surface area contributed by atoms with Gasteiger partial charge in [-0.3, -0.25) is 9.58 Å². The van der Waals surface area contributed by atoms with E-state index in [1.807, 2.05) is 19.4 Å². The molecule has 7 nitrogen and oxygen atoms in total. The fourth-order valence-corrected chi connectivity index (χ4v) is 6.91. The lowest BCUT2D eigenvalue weighted by Crippen LogP contribution is -2.54. The summed E-state index contributed by atoms with van der Waals surface area (Å²) < 4.78 is 35.8. The third-order valence-corrected chi connectivity index (χ3v) is 8.07. The standard InChI is InChI=1S/C17H28N4O3S/c1-13(2)4-5-21-12-17-11-20(9-14-7-18-19(3)8-14)10-15(24-17)6-16(17)25(21,22)23/h7-8,13,15-16H,4-6,9-12H2,1-3H3/t15-,16+,17+/m0/s1. The van der Waals surface area contributed by atoms with Gasteiger partial charge in [-0.1, -0.05) is 13.8 Å². The Bertz CT molecular complexity index is 747. The normalized spacial score (nSPS) is 34.7. The number of morpholine rings is 1. The van der Waals surface area contributed by atoms with Crippen LogP contribution in [0.2, 0.25) is 0 Å². The number of sulfonamides is 1. The van der Waals surface area contributed by atoms with Crippen molar-refractivity contribution in [1.82, 2.24) is 19.0 Å². The molecule has 1 aromatic rings. The van der Waals surface area contributed by atoms with Gasteiger partial charge in [0, 0.05) is 51.5 Å². The van der Waals surface area contributed by atoms with E-state index in [0.717, 1.165) is 25.1 Å². The molecule has 1 aromatic heterocycles. The van der Waals surface area contributed by atoms with E-state index in [1.165, 1.54) is 0 Å². The second-order valence-electron chi connectivity index (χ2n) is 8.28. The van der Waals surface area contributed by atoms with E-state index in [1.54, 1.807) is 8.99 Å². The lowest BCUT2D eigenvalue weighted by atomic mass is 9.99. The van der Waals surface area contributed by atoms with Crippen LogP contribution >= 0.6 is 0 Å². The van der Waals surface area contributed by atoms with Crippen molar-refractivity contribution in [3.8, 4) is 0 Å². The molecule has 25 heavy (non-hydrogen) atoms. The van der Waals surface area contributed by atoms with Crippen LogP contribution in [0.4, 0.5) is 0 Å². The number of fused-ring (bicyclic) bond motifs is 1. The maximum atomic E-state index is 13.0. The highest BCUT2D eigenvalue weighted by Gasteiger charge is 2.64. The van der Waals surface area contributed by atoms with Crippen molar-refractivity contribution in [1.29, 1.82) is 0 Å². The number of rotatable bonds is 5. The number of hydrogen-bond acceptors (Lipinski definition) is 5. The smallest absolute Gasteiger partial charge is 0.220 e. The molecule has 4 rings (SSSR count). The average molecular weight is 369 g/mol. The summed E-state index contributed by atoms with van der Waals surface area (Å²) in [5.41, 5.74) is 0.607. The summed E-state index contributed by atoms with van der Waals surface area (Å²) in [6, 6.07) is 0. The molecule has 0 aromatic carbocycles. The summed E-state index contributed by atoms with van der Waals surface area (Å²) in [5.74, 6) is 0.496. The molecule has 8 heteroatoms. The third kappa shape index (κ3) is 3.03. The highest BCUT2D eigenvalue weighted by molar-refractivity contribution is 7.90. The molecule has 4 heterocycles. The highest BCUT2D eigenvalue weighted by Crippen LogP contribution is 2.46. The zero-order chi connectivity index (χ0) is 17.8. The van der Waals surface area contributed by atoms with Crippen LogP contribution in [0.3, 0.4) is 0 Å². The number of ether oxygens (including phenoxy) is 1. The van der Waals surface area contributed by atoms with Crippen molar-refractivity contribution in [2.45, 2.75) is 50.2 Å². The molecule has 3 aliphatic heterocycles. The highest BCUT2D eigenvalue weighted by atomic mass is 32.2. The molecule has 3 atom stereocenters. The zero-order valence-electron chi connectivity index (χ0n) is 15.3. The van der Waals surface area contributed by atoms with E-state index in [9.17, 15) is 8.42 Å². The van der Waals surface area contributed by atoms with Gasteiger partial charge in [-0.2, -0.15) is 9.40 Å². The fraction of sp³-hybridized carbons (Fsp3) is 0.824. The number of nitrogens with zero attached hydrogens (tertiary/aromatic N) is 4. The lowest BCUT2D eigenvalue weighted by molar-refractivity contribution is -0.110. The molecular formula is C17H28N4O3S. The molecule has 2 bridgehead atoms. The minimum Gasteiger partial charge on any atom is -0.366 e. The van der Waals surface area contributed by atoms with Gasteiger partial charge in [0.2, 0.25) is 10.0 Å². The summed E-state index contributed by atoms with van der Waals surface area (Å²) in [4.78, 5) is 2.34. The summed E-state index contributed by atoms with van der Waals surface area (Å²) in [7, 11) is -1.34. The van der Waals surface area contributed by atoms with Gasteiger partial charge in [0.1, 0.15) is 10.9 Å². The lowest BCUT2D eigenvalue weighted by Gasteiger charge is -2.39. The molecule has 3 saturated heterocycles. The van der Waals surface area contributed by atoms with Crippen LogP contribution in [0.15, 0.2) is 12.4 Å². The summed E-state index contributed by atoms with van der Waals surface area (Å²) >= 11 is 0. The van der Waals surface area contributed by atoms with Crippen molar-refractivity contribution < 1.29 is 13.2 Å². The first-order chi connectivity index (χ1) is 11.8. The summed E-state index contributed by atoms with van der Waals surface area (Å²) in [6.07, 6.45) is 5.45. The Balaban J connectivity index is 1.52. The molecule has 0 N–H and O–H groups in total. The topological polar surface area (TPSA) is 67.7 Å². The van der Waals surface area contributed by atoms with Crippen molar-refractivity contribution in [3.63, 3.8) is 0 Å². The van der Waals surface area contributed by atoms with Gasteiger partial charge in [-0.15, -0.1) is 0 Å². The van der Waals surface area contributed by atoms with E-state index in [2.05, 4.69) is 23.8 Å². The molecule has 0 saturated carbocycles. The molecular weight excluding hydrogens is 340 g/mol. The van der Waals surface area contributed by atoms with Crippen molar-refractivity contribution >= 4 is 10.0 Å². The number of aromatic nitrogens is 2. The van der Waals surface area contributed by atoms with Gasteiger partial charge in [0.25, 0.3) is 0 Å². The average Bonchev–Trinajstić information content (AvgIpc) is 3.09. The van der Waals surface area contributed by atoms with Gasteiger partial charge in [-0.25, -0.2) is 8.42 Å². The first kappa shape index (κ1) is 17.5. The molecule has 0 unspecified atom stereocenters. The maximum absolute atomic E-state index is 13.0. The number of likely N-dealkylation sites (tertiary alicyclic amines) is 1. The Morgan fingerprint density at radius 1 is 1.40 bits per heavy atom. The largest absolute Gasteiger partial charge is 0.366 e. The van der Waals surface area contributed by atoms with Gasteiger partial charge in [0.15, 0.2) is 0 Å². The second kappa shape index (κ2) is 6.04. The van der Waals surface area contributed by atoms with E-state index >= 15 is 0 Å². The van der Waals surface area contributed by atoms with E-state index < -0.39 is 15.6 Å². The summed E-state index contributed by atoms with van der Waals surface area (Å²) in [5, 5.41) is 3.85. The van der Waals surface area contributed by atoms with Crippen LogP contribution < -0.4 is 0 Å². The summed E-state index contributed by atoms with van der Waals surface area (Å²) in [6.45, 7) is 7.65. The van der Waals surface area contributed by atoms with Crippen LogP contribution in [0.5, 0.6) is 0 Å². The van der Waals surface area contributed by atoms with Crippen molar-refractivity contribution in [2.24, 2.45) is 13.0 Å². The third-order valence-electron chi connectivity index (χ3n) is 5.70. The van der Waals surface area contributed by atoms with Gasteiger partial charge < -0.3 is 4.74 Å². The molecule has 1 spiro atoms. The van der Waals surface area contributed by atoms with Gasteiger partial charge in [0.05, 0.1) is 12.3 Å². The first-order valence-electron chi connectivity index (χ1n) is 9.15. The van der Waals surface area contributed by atoms with Crippen LogP contribution in [-0.2, 0) is 28.4 Å². The zero-order valence-corrected chi connectivity index (χ0v) is 16.1. The maximum Gasteiger partial charge on any atom is 0.220 e. The predicted molar refractivity (Wildman–Crippen MR) is 94.4 cm³/mol. The van der Waals surface area contributed by atoms with Gasteiger partial charge >= 0.3 is 0 Å². The Morgan fingerprint density at radius 3 is 2.88 bits per heavy atom. The Morgan fingerprint density at radius 2 is 2.20 bits per heavy atom. The molecule has 140 valence electrons. The SMILES string of the molecule is CC(C)CCN1C[C@]23CN(Cc4cnn(C)c4)C[C@H](C[C@H]2S1(=O)=O)O3.